The van der Waals surface area contributed by atoms with Crippen LogP contribution in [0.1, 0.15) is 30.5 Å². The van der Waals surface area contributed by atoms with Gasteiger partial charge in [0.05, 0.1) is 7.11 Å². The summed E-state index contributed by atoms with van der Waals surface area (Å²) >= 11 is 0. The maximum absolute atomic E-state index is 6.27. The number of hydrogen-bond acceptors (Lipinski definition) is 6. The molecule has 6 heteroatoms. The number of hydrogen-bond donors (Lipinski definition) is 0. The Kier molecular flexibility index (Phi) is 4.83. The summed E-state index contributed by atoms with van der Waals surface area (Å²) in [6, 6.07) is 6.27. The van der Waals surface area contributed by atoms with Crippen LogP contribution in [0, 0.1) is 13.8 Å². The van der Waals surface area contributed by atoms with Gasteiger partial charge in [-0.2, -0.15) is 0 Å². The lowest BCUT2D eigenvalue weighted by atomic mass is 9.93. The Morgan fingerprint density at radius 3 is 2.29 bits per heavy atom. The number of piperazine rings is 1. The van der Waals surface area contributed by atoms with E-state index in [1.165, 1.54) is 28.1 Å². The van der Waals surface area contributed by atoms with Crippen LogP contribution in [0.4, 0.5) is 11.4 Å². The van der Waals surface area contributed by atoms with E-state index in [2.05, 4.69) is 49.6 Å². The summed E-state index contributed by atoms with van der Waals surface area (Å²) in [4.78, 5) is 4.93. The minimum Gasteiger partial charge on any atom is -0.492 e. The summed E-state index contributed by atoms with van der Waals surface area (Å²) in [6.07, 6.45) is 0.912. The largest absolute Gasteiger partial charge is 0.492 e. The zero-order valence-electron chi connectivity index (χ0n) is 19.2. The molecule has 6 nitrogen and oxygen atoms in total. The van der Waals surface area contributed by atoms with Crippen molar-refractivity contribution in [3.8, 4) is 23.0 Å². The van der Waals surface area contributed by atoms with Crippen LogP contribution in [0.3, 0.4) is 0 Å². The average Bonchev–Trinajstić information content (AvgIpc) is 3.09. The monoisotopic (exact) mass is 424 g/mol. The van der Waals surface area contributed by atoms with Crippen molar-refractivity contribution in [2.45, 2.75) is 39.7 Å². The molecular weight excluding hydrogens is 392 g/mol. The van der Waals surface area contributed by atoms with Crippen LogP contribution in [0.5, 0.6) is 23.0 Å². The second-order valence-electron chi connectivity index (χ2n) is 9.28. The number of rotatable bonds is 3. The fraction of sp³-hybridized carbons (Fsp3) is 0.520. The van der Waals surface area contributed by atoms with E-state index in [-0.39, 0.29) is 5.60 Å². The molecule has 0 amide bonds. The van der Waals surface area contributed by atoms with Crippen LogP contribution >= 0.6 is 0 Å². The van der Waals surface area contributed by atoms with Crippen molar-refractivity contribution in [3.05, 3.63) is 34.9 Å². The summed E-state index contributed by atoms with van der Waals surface area (Å²) in [5.74, 6) is 3.51. The predicted molar refractivity (Wildman–Crippen MR) is 123 cm³/mol. The van der Waals surface area contributed by atoms with Crippen LogP contribution in [0.15, 0.2) is 18.2 Å². The Hall–Kier alpha value is -2.76. The van der Waals surface area contributed by atoms with Crippen LogP contribution < -0.4 is 28.7 Å². The van der Waals surface area contributed by atoms with Crippen LogP contribution in [0.25, 0.3) is 0 Å². The molecule has 3 heterocycles. The van der Waals surface area contributed by atoms with E-state index in [0.29, 0.717) is 13.2 Å². The molecule has 0 atom stereocenters. The number of methoxy groups -OCH3 is 1. The first-order valence-corrected chi connectivity index (χ1v) is 11.2. The van der Waals surface area contributed by atoms with E-state index in [4.69, 9.17) is 18.9 Å². The normalized spacial score (nSPS) is 19.1. The first-order chi connectivity index (χ1) is 14.9. The van der Waals surface area contributed by atoms with Gasteiger partial charge in [0.25, 0.3) is 0 Å². The molecule has 0 aromatic heterocycles. The molecule has 5 rings (SSSR count). The molecule has 0 bridgehead atoms. The van der Waals surface area contributed by atoms with Gasteiger partial charge in [-0.05, 0) is 45.4 Å². The van der Waals surface area contributed by atoms with E-state index < -0.39 is 0 Å². The van der Waals surface area contributed by atoms with Gasteiger partial charge in [0.2, 0.25) is 0 Å². The van der Waals surface area contributed by atoms with E-state index >= 15 is 0 Å². The van der Waals surface area contributed by atoms with Crippen LogP contribution in [-0.2, 0) is 6.42 Å². The van der Waals surface area contributed by atoms with Crippen LogP contribution in [0.2, 0.25) is 0 Å². The molecule has 3 aliphatic heterocycles. The number of fused-ring (bicyclic) bond motifs is 2. The van der Waals surface area contributed by atoms with Gasteiger partial charge in [-0.15, -0.1) is 0 Å². The predicted octanol–water partition coefficient (Wildman–Crippen LogP) is 4.12. The van der Waals surface area contributed by atoms with Gasteiger partial charge in [-0.1, -0.05) is 0 Å². The van der Waals surface area contributed by atoms with Crippen molar-refractivity contribution in [1.82, 2.24) is 0 Å². The van der Waals surface area contributed by atoms with Crippen LogP contribution in [-0.4, -0.2) is 52.1 Å². The maximum Gasteiger partial charge on any atom is 0.166 e. The molecule has 166 valence electrons. The first-order valence-electron chi connectivity index (χ1n) is 11.2. The molecule has 3 aliphatic rings. The molecule has 0 unspecified atom stereocenters. The van der Waals surface area contributed by atoms with Gasteiger partial charge in [-0.3, -0.25) is 0 Å². The Balaban J connectivity index is 1.39. The number of ether oxygens (including phenoxy) is 4. The second kappa shape index (κ2) is 7.43. The third-order valence-electron chi connectivity index (χ3n) is 6.66. The highest BCUT2D eigenvalue weighted by molar-refractivity contribution is 5.73. The molecule has 1 fully saturated rings. The molecule has 2 aromatic carbocycles. The van der Waals surface area contributed by atoms with E-state index in [1.807, 2.05) is 6.07 Å². The fourth-order valence-electron chi connectivity index (χ4n) is 5.21. The van der Waals surface area contributed by atoms with Gasteiger partial charge < -0.3 is 28.7 Å². The highest BCUT2D eigenvalue weighted by atomic mass is 16.6. The molecule has 0 radical (unpaired) electrons. The van der Waals surface area contributed by atoms with Crippen molar-refractivity contribution >= 4 is 11.4 Å². The zero-order chi connectivity index (χ0) is 21.8. The highest BCUT2D eigenvalue weighted by Gasteiger charge is 2.37. The molecular formula is C25H32N2O4. The summed E-state index contributed by atoms with van der Waals surface area (Å²) < 4.78 is 23.5. The van der Waals surface area contributed by atoms with Crippen molar-refractivity contribution in [3.63, 3.8) is 0 Å². The van der Waals surface area contributed by atoms with Gasteiger partial charge in [-0.25, -0.2) is 0 Å². The van der Waals surface area contributed by atoms with Crippen molar-refractivity contribution in [1.29, 1.82) is 0 Å². The van der Waals surface area contributed by atoms with Gasteiger partial charge >= 0.3 is 0 Å². The van der Waals surface area contributed by atoms with Crippen molar-refractivity contribution in [2.24, 2.45) is 0 Å². The Morgan fingerprint density at radius 2 is 1.58 bits per heavy atom. The molecule has 0 saturated carbocycles. The lowest BCUT2D eigenvalue weighted by Crippen LogP contribution is -2.47. The lowest BCUT2D eigenvalue weighted by molar-refractivity contribution is 0.134. The maximum atomic E-state index is 6.27. The number of anilines is 2. The molecule has 0 aliphatic carbocycles. The SMILES string of the molecule is COc1c(C)c(N2CCN(c3ccc4c(c3)OCCO4)CC2)c(C)c2c1OC(C)(C)C2. The smallest absolute Gasteiger partial charge is 0.166 e. The molecule has 1 saturated heterocycles. The number of benzene rings is 2. The molecule has 0 spiro atoms. The quantitative estimate of drug-likeness (QED) is 0.738. The third kappa shape index (κ3) is 3.42. The number of nitrogens with zero attached hydrogens (tertiary/aromatic N) is 2. The minimum absolute atomic E-state index is 0.192. The first kappa shape index (κ1) is 20.2. The molecule has 2 aromatic rings. The Bertz CT molecular complexity index is 1010. The second-order valence-corrected chi connectivity index (χ2v) is 9.28. The van der Waals surface area contributed by atoms with E-state index in [0.717, 1.165) is 55.6 Å². The summed E-state index contributed by atoms with van der Waals surface area (Å²) in [6.45, 7) is 13.8. The van der Waals surface area contributed by atoms with Crippen molar-refractivity contribution in [2.75, 3.05) is 56.3 Å². The van der Waals surface area contributed by atoms with Crippen molar-refractivity contribution < 1.29 is 18.9 Å². The summed E-state index contributed by atoms with van der Waals surface area (Å²) in [5.41, 5.74) is 6.09. The topological polar surface area (TPSA) is 43.4 Å². The minimum atomic E-state index is -0.192. The Labute approximate surface area is 184 Å². The fourth-order valence-corrected chi connectivity index (χ4v) is 5.21. The standard InChI is InChI=1S/C25H32N2O4/c1-16-19-15-25(3,4)31-24(19)23(28-5)17(2)22(16)27-10-8-26(9-11-27)18-6-7-20-21(14-18)30-13-12-29-20/h6-7,14H,8-13,15H2,1-5H3. The Morgan fingerprint density at radius 1 is 0.903 bits per heavy atom. The van der Waals surface area contributed by atoms with E-state index in [9.17, 15) is 0 Å². The molecule has 0 N–H and O–H groups in total. The highest BCUT2D eigenvalue weighted by Crippen LogP contribution is 2.50. The summed E-state index contributed by atoms with van der Waals surface area (Å²) in [7, 11) is 1.75. The average molecular weight is 425 g/mol. The molecule has 31 heavy (non-hydrogen) atoms. The van der Waals surface area contributed by atoms with Gasteiger partial charge in [0.15, 0.2) is 23.0 Å². The summed E-state index contributed by atoms with van der Waals surface area (Å²) in [5, 5.41) is 0. The lowest BCUT2D eigenvalue weighted by Gasteiger charge is -2.39. The van der Waals surface area contributed by atoms with Gasteiger partial charge in [0.1, 0.15) is 18.8 Å². The van der Waals surface area contributed by atoms with E-state index in [1.54, 1.807) is 7.11 Å². The zero-order valence-corrected chi connectivity index (χ0v) is 19.2. The third-order valence-corrected chi connectivity index (χ3v) is 6.66. The van der Waals surface area contributed by atoms with Gasteiger partial charge in [0, 0.05) is 61.2 Å².